The molecule has 1 amide bonds. The predicted molar refractivity (Wildman–Crippen MR) is 70.7 cm³/mol. The Hall–Kier alpha value is 0.430. The minimum Gasteiger partial charge on any atom is -0.369 e. The summed E-state index contributed by atoms with van der Waals surface area (Å²) in [6.07, 6.45) is 7.46. The van der Waals surface area contributed by atoms with Crippen LogP contribution in [-0.4, -0.2) is 15.1 Å². The molecule has 3 unspecified atom stereocenters. The van der Waals surface area contributed by atoms with Crippen molar-refractivity contribution in [1.29, 1.82) is 0 Å². The topological polar surface area (TPSA) is 43.1 Å². The molecule has 4 aliphatic carbocycles. The van der Waals surface area contributed by atoms with Gasteiger partial charge in [0.05, 0.1) is 4.83 Å². The summed E-state index contributed by atoms with van der Waals surface area (Å²) >= 11 is 7.50. The summed E-state index contributed by atoms with van der Waals surface area (Å²) in [6, 6.07) is 0. The van der Waals surface area contributed by atoms with Crippen molar-refractivity contribution in [2.24, 2.45) is 23.0 Å². The molecule has 4 saturated carbocycles. The molecule has 4 aliphatic rings. The van der Waals surface area contributed by atoms with Crippen molar-refractivity contribution in [3.8, 4) is 0 Å². The molecule has 0 aromatic rings. The lowest BCUT2D eigenvalue weighted by molar-refractivity contribution is -0.123. The van der Waals surface area contributed by atoms with Gasteiger partial charge in [-0.15, -0.1) is 0 Å². The van der Waals surface area contributed by atoms with E-state index in [0.717, 1.165) is 18.3 Å². The first-order chi connectivity index (χ1) is 7.42. The maximum absolute atomic E-state index is 11.5. The molecule has 0 heterocycles. The number of nitrogens with two attached hydrogens (primary N) is 1. The fourth-order valence-corrected chi connectivity index (χ4v) is 6.83. The fourth-order valence-electron chi connectivity index (χ4n) is 4.82. The lowest BCUT2D eigenvalue weighted by atomic mass is 9.48. The van der Waals surface area contributed by atoms with Crippen LogP contribution in [0.2, 0.25) is 0 Å². The molecule has 0 saturated heterocycles. The first kappa shape index (κ1) is 11.5. The zero-order chi connectivity index (χ0) is 11.6. The normalized spacial score (nSPS) is 51.6. The molecule has 90 valence electrons. The summed E-state index contributed by atoms with van der Waals surface area (Å²) in [5, 5.41) is 0. The van der Waals surface area contributed by atoms with Gasteiger partial charge in [0.25, 0.3) is 0 Å². The van der Waals surface area contributed by atoms with Crippen molar-refractivity contribution in [3.05, 3.63) is 0 Å². The molecule has 4 bridgehead atoms. The van der Waals surface area contributed by atoms with Crippen LogP contribution in [0.4, 0.5) is 0 Å². The van der Waals surface area contributed by atoms with Crippen molar-refractivity contribution in [2.75, 3.05) is 0 Å². The van der Waals surface area contributed by atoms with Crippen LogP contribution in [0.25, 0.3) is 0 Å². The Labute approximate surface area is 113 Å². The number of primary amides is 1. The summed E-state index contributed by atoms with van der Waals surface area (Å²) in [5.74, 6) is 1.43. The molecular weight excluding hydrogens is 334 g/mol. The van der Waals surface area contributed by atoms with E-state index in [1.807, 2.05) is 0 Å². The van der Waals surface area contributed by atoms with E-state index in [9.17, 15) is 4.79 Å². The van der Waals surface area contributed by atoms with Gasteiger partial charge < -0.3 is 5.73 Å². The van der Waals surface area contributed by atoms with E-state index in [0.29, 0.717) is 4.32 Å². The van der Waals surface area contributed by atoms with Crippen LogP contribution in [0.3, 0.4) is 0 Å². The van der Waals surface area contributed by atoms with Crippen molar-refractivity contribution >= 4 is 37.8 Å². The quantitative estimate of drug-likeness (QED) is 0.764. The third-order valence-corrected chi connectivity index (χ3v) is 7.17. The molecule has 4 fully saturated rings. The number of amides is 1. The minimum absolute atomic E-state index is 0.136. The van der Waals surface area contributed by atoms with Crippen LogP contribution in [0, 0.1) is 17.3 Å². The Kier molecular flexibility index (Phi) is 2.50. The van der Waals surface area contributed by atoms with Gasteiger partial charge in [-0.05, 0) is 55.8 Å². The van der Waals surface area contributed by atoms with Crippen LogP contribution < -0.4 is 5.73 Å². The molecule has 2 N–H and O–H groups in total. The van der Waals surface area contributed by atoms with Crippen LogP contribution in [-0.2, 0) is 4.79 Å². The van der Waals surface area contributed by atoms with Gasteiger partial charge in [0.15, 0.2) is 0 Å². The molecule has 0 aromatic heterocycles. The second-order valence-corrected chi connectivity index (χ2v) is 8.84. The summed E-state index contributed by atoms with van der Waals surface area (Å²) in [5.41, 5.74) is 5.64. The number of hydrogen-bond donors (Lipinski definition) is 1. The first-order valence-electron chi connectivity index (χ1n) is 6.05. The number of carbonyl (C=O) groups excluding carboxylic acids is 1. The van der Waals surface area contributed by atoms with Crippen molar-refractivity contribution in [1.82, 2.24) is 0 Å². The molecular formula is C12H17Br2NO. The third kappa shape index (κ3) is 1.59. The Morgan fingerprint density at radius 3 is 2.25 bits per heavy atom. The van der Waals surface area contributed by atoms with Crippen molar-refractivity contribution in [2.45, 2.75) is 47.7 Å². The standard InChI is InChI=1S/C12H17Br2NO/c13-9(10(15)16)11-2-7-1-8(3-11)5-12(14,4-7)6-11/h7-9H,1-6H2,(H2,15,16). The van der Waals surface area contributed by atoms with E-state index >= 15 is 0 Å². The second kappa shape index (κ2) is 3.47. The van der Waals surface area contributed by atoms with E-state index < -0.39 is 0 Å². The largest absolute Gasteiger partial charge is 0.369 e. The van der Waals surface area contributed by atoms with Gasteiger partial charge in [0.2, 0.25) is 5.91 Å². The maximum atomic E-state index is 11.5. The van der Waals surface area contributed by atoms with E-state index in [-0.39, 0.29) is 16.1 Å². The maximum Gasteiger partial charge on any atom is 0.231 e. The Bertz CT molecular complexity index is 330. The molecule has 2 nitrogen and oxygen atoms in total. The van der Waals surface area contributed by atoms with Crippen LogP contribution >= 0.6 is 31.9 Å². The zero-order valence-electron chi connectivity index (χ0n) is 9.22. The molecule has 0 aliphatic heterocycles. The molecule has 0 aromatic carbocycles. The van der Waals surface area contributed by atoms with Crippen LogP contribution in [0.1, 0.15) is 38.5 Å². The molecule has 4 rings (SSSR count). The van der Waals surface area contributed by atoms with E-state index in [4.69, 9.17) is 5.73 Å². The predicted octanol–water partition coefficient (Wildman–Crippen LogP) is 2.97. The van der Waals surface area contributed by atoms with E-state index in [1.54, 1.807) is 0 Å². The lowest BCUT2D eigenvalue weighted by Gasteiger charge is -2.61. The summed E-state index contributed by atoms with van der Waals surface area (Å²) in [7, 11) is 0. The average Bonchev–Trinajstić information content (AvgIpc) is 2.12. The van der Waals surface area contributed by atoms with Crippen molar-refractivity contribution < 1.29 is 4.79 Å². The van der Waals surface area contributed by atoms with Gasteiger partial charge in [-0.3, -0.25) is 4.79 Å². The van der Waals surface area contributed by atoms with Gasteiger partial charge in [-0.25, -0.2) is 0 Å². The smallest absolute Gasteiger partial charge is 0.231 e. The van der Waals surface area contributed by atoms with Gasteiger partial charge in [0.1, 0.15) is 0 Å². The number of rotatable bonds is 2. The Morgan fingerprint density at radius 2 is 1.81 bits per heavy atom. The highest BCUT2D eigenvalue weighted by molar-refractivity contribution is 9.10. The fraction of sp³-hybridized carbons (Fsp3) is 0.917. The SMILES string of the molecule is NC(=O)C(Br)C12CC3CC(CC(Br)(C3)C1)C2. The minimum atomic E-state index is -0.182. The van der Waals surface area contributed by atoms with E-state index in [1.165, 1.54) is 32.1 Å². The average molecular weight is 351 g/mol. The van der Waals surface area contributed by atoms with Gasteiger partial charge in [-0.2, -0.15) is 0 Å². The highest BCUT2D eigenvalue weighted by atomic mass is 79.9. The third-order valence-electron chi connectivity index (χ3n) is 4.82. The van der Waals surface area contributed by atoms with Gasteiger partial charge >= 0.3 is 0 Å². The van der Waals surface area contributed by atoms with Crippen LogP contribution in [0.15, 0.2) is 0 Å². The summed E-state index contributed by atoms with van der Waals surface area (Å²) in [6.45, 7) is 0. The van der Waals surface area contributed by atoms with E-state index in [2.05, 4.69) is 31.9 Å². The lowest BCUT2D eigenvalue weighted by Crippen LogP contribution is -2.57. The molecule has 4 heteroatoms. The van der Waals surface area contributed by atoms with Crippen molar-refractivity contribution in [3.63, 3.8) is 0 Å². The highest BCUT2D eigenvalue weighted by Crippen LogP contribution is 2.66. The van der Waals surface area contributed by atoms with Crippen LogP contribution in [0.5, 0.6) is 0 Å². The first-order valence-corrected chi connectivity index (χ1v) is 7.76. The highest BCUT2D eigenvalue weighted by Gasteiger charge is 2.59. The summed E-state index contributed by atoms with van der Waals surface area (Å²) in [4.78, 5) is 11.3. The molecule has 16 heavy (non-hydrogen) atoms. The number of hydrogen-bond acceptors (Lipinski definition) is 1. The zero-order valence-corrected chi connectivity index (χ0v) is 12.4. The number of alkyl halides is 2. The van der Waals surface area contributed by atoms with Gasteiger partial charge in [0, 0.05) is 4.32 Å². The number of halogens is 2. The second-order valence-electron chi connectivity index (χ2n) is 6.24. The molecule has 3 atom stereocenters. The summed E-state index contributed by atoms with van der Waals surface area (Å²) < 4.78 is 0.304. The monoisotopic (exact) mass is 349 g/mol. The molecule has 0 radical (unpaired) electrons. The Balaban J connectivity index is 1.94. The van der Waals surface area contributed by atoms with Gasteiger partial charge in [-0.1, -0.05) is 31.9 Å². The molecule has 0 spiro atoms. The Morgan fingerprint density at radius 1 is 1.25 bits per heavy atom. The number of carbonyl (C=O) groups is 1.